The van der Waals surface area contributed by atoms with Crippen LogP contribution in [0, 0.1) is 0 Å². The molecule has 25 heavy (non-hydrogen) atoms. The van der Waals surface area contributed by atoms with E-state index in [9.17, 15) is 13.6 Å². The SMILES string of the molecule is CCCCCCCCCCCCCCCCC(CS(=O)[O-])NC(N)=O. The molecular formula is C19H39N2O3S-. The summed E-state index contributed by atoms with van der Waals surface area (Å²) < 4.78 is 21.5. The normalized spacial score (nSPS) is 13.5. The second-order valence-electron chi connectivity index (χ2n) is 7.06. The first-order valence-electron chi connectivity index (χ1n) is 10.2. The Kier molecular flexibility index (Phi) is 17.7. The molecule has 0 aromatic carbocycles. The van der Waals surface area contributed by atoms with Crippen LogP contribution in [-0.2, 0) is 11.1 Å². The van der Waals surface area contributed by atoms with Crippen molar-refractivity contribution in [3.8, 4) is 0 Å². The minimum Gasteiger partial charge on any atom is -0.772 e. The third-order valence-electron chi connectivity index (χ3n) is 4.59. The lowest BCUT2D eigenvalue weighted by atomic mass is 10.0. The van der Waals surface area contributed by atoms with Gasteiger partial charge in [0.25, 0.3) is 0 Å². The lowest BCUT2D eigenvalue weighted by molar-refractivity contribution is 0.245. The van der Waals surface area contributed by atoms with Gasteiger partial charge in [-0.15, -0.1) is 0 Å². The van der Waals surface area contributed by atoms with Gasteiger partial charge in [0.05, 0.1) is 0 Å². The molecule has 0 radical (unpaired) electrons. The predicted molar refractivity (Wildman–Crippen MR) is 105 cm³/mol. The zero-order chi connectivity index (χ0) is 18.8. The third-order valence-corrected chi connectivity index (χ3v) is 5.26. The van der Waals surface area contributed by atoms with E-state index in [-0.39, 0.29) is 11.8 Å². The van der Waals surface area contributed by atoms with Crippen LogP contribution in [0.4, 0.5) is 4.79 Å². The molecule has 6 heteroatoms. The first-order chi connectivity index (χ1) is 12.1. The van der Waals surface area contributed by atoms with E-state index >= 15 is 0 Å². The highest BCUT2D eigenvalue weighted by Crippen LogP contribution is 2.13. The van der Waals surface area contributed by atoms with Gasteiger partial charge < -0.3 is 15.6 Å². The van der Waals surface area contributed by atoms with Gasteiger partial charge in [0, 0.05) is 11.8 Å². The average Bonchev–Trinajstić information content (AvgIpc) is 2.54. The average molecular weight is 376 g/mol. The number of carbonyl (C=O) groups excluding carboxylic acids is 1. The molecule has 2 atom stereocenters. The monoisotopic (exact) mass is 375 g/mol. The zero-order valence-electron chi connectivity index (χ0n) is 16.1. The third kappa shape index (κ3) is 19.6. The number of amides is 2. The molecule has 0 aliphatic carbocycles. The van der Waals surface area contributed by atoms with E-state index in [2.05, 4.69) is 12.2 Å². The molecule has 0 bridgehead atoms. The molecule has 0 fully saturated rings. The lowest BCUT2D eigenvalue weighted by Gasteiger charge is -2.18. The molecule has 3 N–H and O–H groups in total. The highest BCUT2D eigenvalue weighted by atomic mass is 32.2. The summed E-state index contributed by atoms with van der Waals surface area (Å²) in [6.45, 7) is 2.26. The molecule has 0 aliphatic heterocycles. The van der Waals surface area contributed by atoms with Gasteiger partial charge in [-0.2, -0.15) is 0 Å². The van der Waals surface area contributed by atoms with Crippen molar-refractivity contribution in [1.82, 2.24) is 5.32 Å². The van der Waals surface area contributed by atoms with Crippen LogP contribution in [0.25, 0.3) is 0 Å². The highest BCUT2D eigenvalue weighted by Gasteiger charge is 2.10. The van der Waals surface area contributed by atoms with Crippen LogP contribution in [0.3, 0.4) is 0 Å². The van der Waals surface area contributed by atoms with Gasteiger partial charge in [0.2, 0.25) is 0 Å². The zero-order valence-corrected chi connectivity index (χ0v) is 16.9. The summed E-state index contributed by atoms with van der Waals surface area (Å²) in [5.41, 5.74) is 5.07. The number of urea groups is 1. The second kappa shape index (κ2) is 18.2. The Hall–Kier alpha value is -0.620. The maximum Gasteiger partial charge on any atom is 0.312 e. The fraction of sp³-hybridized carbons (Fsp3) is 0.947. The molecule has 0 rings (SSSR count). The molecule has 0 heterocycles. The Balaban J connectivity index is 3.36. The van der Waals surface area contributed by atoms with Crippen molar-refractivity contribution in [1.29, 1.82) is 0 Å². The van der Waals surface area contributed by atoms with Gasteiger partial charge in [0.1, 0.15) is 0 Å². The number of nitrogens with one attached hydrogen (secondary N) is 1. The fourth-order valence-electron chi connectivity index (χ4n) is 3.15. The standard InChI is InChI=1S/C19H40N2O3S/c1-2-3-4-5-6-7-8-9-10-11-12-13-14-15-16-18(17-25(23)24)21-19(20)22/h18H,2-17H2,1H3,(H,23,24)(H3,20,21,22)/p-1. The minimum absolute atomic E-state index is 0.0542. The smallest absolute Gasteiger partial charge is 0.312 e. The Morgan fingerprint density at radius 2 is 1.28 bits per heavy atom. The summed E-state index contributed by atoms with van der Waals surface area (Å²) in [5.74, 6) is -0.0542. The molecule has 0 aromatic heterocycles. The summed E-state index contributed by atoms with van der Waals surface area (Å²) in [7, 11) is 0. The number of carbonyl (C=O) groups is 1. The maximum absolute atomic E-state index is 10.8. The van der Waals surface area contributed by atoms with E-state index in [4.69, 9.17) is 5.73 Å². The van der Waals surface area contributed by atoms with E-state index in [1.165, 1.54) is 77.0 Å². The molecule has 0 aliphatic rings. The van der Waals surface area contributed by atoms with Crippen LogP contribution in [0.1, 0.15) is 103 Å². The maximum atomic E-state index is 10.8. The summed E-state index contributed by atoms with van der Waals surface area (Å²) in [5, 5.41) is 2.50. The van der Waals surface area contributed by atoms with E-state index in [1.54, 1.807) is 0 Å². The summed E-state index contributed by atoms with van der Waals surface area (Å²) in [4.78, 5) is 10.8. The molecule has 5 nitrogen and oxygen atoms in total. The van der Waals surface area contributed by atoms with Crippen molar-refractivity contribution in [2.45, 2.75) is 109 Å². The Morgan fingerprint density at radius 3 is 1.64 bits per heavy atom. The molecule has 0 aromatic rings. The topological polar surface area (TPSA) is 95.2 Å². The Labute approximate surface area is 157 Å². The Morgan fingerprint density at radius 1 is 0.880 bits per heavy atom. The van der Waals surface area contributed by atoms with E-state index in [0.29, 0.717) is 6.42 Å². The van der Waals surface area contributed by atoms with Crippen molar-refractivity contribution < 1.29 is 13.6 Å². The summed E-state index contributed by atoms with van der Waals surface area (Å²) in [6, 6.07) is -1.01. The van der Waals surface area contributed by atoms with Crippen molar-refractivity contribution in [2.75, 3.05) is 5.75 Å². The first kappa shape index (κ1) is 24.4. The number of hydrogen-bond acceptors (Lipinski definition) is 3. The Bertz CT molecular complexity index is 325. The number of unbranched alkanes of at least 4 members (excludes halogenated alkanes) is 13. The predicted octanol–water partition coefficient (Wildman–Crippen LogP) is 4.77. The van der Waals surface area contributed by atoms with Crippen LogP contribution in [-0.4, -0.2) is 26.6 Å². The summed E-state index contributed by atoms with van der Waals surface area (Å²) >= 11 is -2.15. The van der Waals surface area contributed by atoms with E-state index in [1.807, 2.05) is 0 Å². The van der Waals surface area contributed by atoms with Crippen molar-refractivity contribution >= 4 is 17.1 Å². The number of nitrogens with two attached hydrogens (primary N) is 1. The van der Waals surface area contributed by atoms with E-state index < -0.39 is 17.1 Å². The molecular weight excluding hydrogens is 336 g/mol. The fourth-order valence-corrected chi connectivity index (χ4v) is 3.73. The molecule has 0 saturated carbocycles. The molecule has 150 valence electrons. The summed E-state index contributed by atoms with van der Waals surface area (Å²) in [6.07, 6.45) is 18.8. The van der Waals surface area contributed by atoms with Gasteiger partial charge in [-0.25, -0.2) is 4.79 Å². The van der Waals surface area contributed by atoms with Crippen molar-refractivity contribution in [2.24, 2.45) is 5.73 Å². The molecule has 0 spiro atoms. The second-order valence-corrected chi connectivity index (χ2v) is 8.00. The first-order valence-corrected chi connectivity index (χ1v) is 11.4. The van der Waals surface area contributed by atoms with Crippen molar-refractivity contribution in [3.63, 3.8) is 0 Å². The van der Waals surface area contributed by atoms with E-state index in [0.717, 1.165) is 12.8 Å². The van der Waals surface area contributed by atoms with Crippen LogP contribution in [0.5, 0.6) is 0 Å². The number of rotatable bonds is 18. The van der Waals surface area contributed by atoms with Crippen LogP contribution in [0.15, 0.2) is 0 Å². The number of primary amides is 1. The van der Waals surface area contributed by atoms with Gasteiger partial charge >= 0.3 is 6.03 Å². The molecule has 2 amide bonds. The molecule has 2 unspecified atom stereocenters. The van der Waals surface area contributed by atoms with Crippen LogP contribution < -0.4 is 11.1 Å². The minimum atomic E-state index is -2.15. The van der Waals surface area contributed by atoms with Crippen LogP contribution in [0.2, 0.25) is 0 Å². The van der Waals surface area contributed by atoms with Gasteiger partial charge in [0.15, 0.2) is 0 Å². The quantitative estimate of drug-likeness (QED) is 0.267. The van der Waals surface area contributed by atoms with Gasteiger partial charge in [-0.3, -0.25) is 4.21 Å². The van der Waals surface area contributed by atoms with Crippen LogP contribution >= 0.6 is 0 Å². The molecule has 0 saturated heterocycles. The highest BCUT2D eigenvalue weighted by molar-refractivity contribution is 7.79. The largest absolute Gasteiger partial charge is 0.772 e. The van der Waals surface area contributed by atoms with Gasteiger partial charge in [-0.1, -0.05) is 108 Å². The van der Waals surface area contributed by atoms with Crippen molar-refractivity contribution in [3.05, 3.63) is 0 Å². The lowest BCUT2D eigenvalue weighted by Crippen LogP contribution is -2.41. The van der Waals surface area contributed by atoms with Gasteiger partial charge in [-0.05, 0) is 6.42 Å². The number of hydrogen-bond donors (Lipinski definition) is 2.